The largest absolute Gasteiger partial charge is 0.370 e. The highest BCUT2D eigenvalue weighted by molar-refractivity contribution is 5.78. The third-order valence-corrected chi connectivity index (χ3v) is 1.81. The third-order valence-electron chi connectivity index (χ3n) is 1.81. The predicted molar refractivity (Wildman–Crippen MR) is 46.1 cm³/mol. The van der Waals surface area contributed by atoms with Crippen LogP contribution in [0.15, 0.2) is 4.99 Å². The van der Waals surface area contributed by atoms with E-state index in [1.54, 1.807) is 0 Å². The summed E-state index contributed by atoms with van der Waals surface area (Å²) >= 11 is 0. The van der Waals surface area contributed by atoms with Crippen LogP contribution in [0, 0.1) is 0 Å². The molecule has 0 saturated heterocycles. The molecule has 0 aliphatic carbocycles. The standard InChI is InChI=1S/C7H16N4/c1-3-5-9-6(4-2)11-7(8)10-5/h5-6,9H,3-4H2,1-2H3,(H3,8,10,11). The zero-order valence-electron chi connectivity index (χ0n) is 7.09. The predicted octanol–water partition coefficient (Wildman–Crippen LogP) is -0.0339. The molecule has 0 saturated carbocycles. The second-order valence-corrected chi connectivity index (χ2v) is 2.71. The quantitative estimate of drug-likeness (QED) is 0.526. The molecule has 2 unspecified atom stereocenters. The lowest BCUT2D eigenvalue weighted by Crippen LogP contribution is -2.55. The van der Waals surface area contributed by atoms with Crippen LogP contribution in [-0.2, 0) is 0 Å². The van der Waals surface area contributed by atoms with Crippen molar-refractivity contribution in [2.24, 2.45) is 10.7 Å². The third kappa shape index (κ3) is 2.08. The van der Waals surface area contributed by atoms with E-state index in [2.05, 4.69) is 29.5 Å². The lowest BCUT2D eigenvalue weighted by Gasteiger charge is -2.28. The summed E-state index contributed by atoms with van der Waals surface area (Å²) in [7, 11) is 0. The molecular formula is C7H16N4. The zero-order valence-corrected chi connectivity index (χ0v) is 7.09. The van der Waals surface area contributed by atoms with Crippen molar-refractivity contribution >= 4 is 5.96 Å². The van der Waals surface area contributed by atoms with Gasteiger partial charge in [-0.1, -0.05) is 13.8 Å². The van der Waals surface area contributed by atoms with Crippen molar-refractivity contribution in [3.63, 3.8) is 0 Å². The Labute approximate surface area is 67.3 Å². The summed E-state index contributed by atoms with van der Waals surface area (Å²) in [6.45, 7) is 4.20. The van der Waals surface area contributed by atoms with Gasteiger partial charge in [-0.15, -0.1) is 0 Å². The Balaban J connectivity index is 2.53. The molecular weight excluding hydrogens is 140 g/mol. The van der Waals surface area contributed by atoms with Crippen LogP contribution < -0.4 is 16.4 Å². The van der Waals surface area contributed by atoms with E-state index in [9.17, 15) is 0 Å². The molecule has 0 spiro atoms. The molecule has 64 valence electrons. The van der Waals surface area contributed by atoms with Gasteiger partial charge in [-0.25, -0.2) is 4.99 Å². The topological polar surface area (TPSA) is 62.4 Å². The van der Waals surface area contributed by atoms with Crippen molar-refractivity contribution in [3.05, 3.63) is 0 Å². The molecule has 11 heavy (non-hydrogen) atoms. The Morgan fingerprint density at radius 2 is 2.18 bits per heavy atom. The maximum atomic E-state index is 5.57. The van der Waals surface area contributed by atoms with Crippen molar-refractivity contribution < 1.29 is 0 Å². The highest BCUT2D eigenvalue weighted by Crippen LogP contribution is 2.00. The molecule has 1 rings (SSSR count). The number of rotatable bonds is 2. The number of guanidine groups is 1. The first-order valence-electron chi connectivity index (χ1n) is 4.12. The number of aliphatic imine (C=N–C) groups is 1. The van der Waals surface area contributed by atoms with Crippen molar-refractivity contribution in [2.75, 3.05) is 0 Å². The van der Waals surface area contributed by atoms with Gasteiger partial charge in [0.15, 0.2) is 5.96 Å². The molecule has 0 fully saturated rings. The van der Waals surface area contributed by atoms with Crippen LogP contribution in [0.2, 0.25) is 0 Å². The van der Waals surface area contributed by atoms with E-state index in [1.807, 2.05) is 0 Å². The van der Waals surface area contributed by atoms with Gasteiger partial charge in [-0.05, 0) is 12.8 Å². The first-order valence-corrected chi connectivity index (χ1v) is 4.12. The van der Waals surface area contributed by atoms with E-state index in [0.717, 1.165) is 12.8 Å². The first kappa shape index (κ1) is 8.33. The summed E-state index contributed by atoms with van der Waals surface area (Å²) in [6.07, 6.45) is 2.49. The molecule has 4 heteroatoms. The van der Waals surface area contributed by atoms with E-state index < -0.39 is 0 Å². The maximum absolute atomic E-state index is 5.57. The van der Waals surface area contributed by atoms with Gasteiger partial charge >= 0.3 is 0 Å². The van der Waals surface area contributed by atoms with Crippen LogP contribution in [0.25, 0.3) is 0 Å². The van der Waals surface area contributed by atoms with Gasteiger partial charge in [-0.3, -0.25) is 5.32 Å². The first-order chi connectivity index (χ1) is 5.26. The van der Waals surface area contributed by atoms with E-state index in [4.69, 9.17) is 5.73 Å². The van der Waals surface area contributed by atoms with Crippen LogP contribution in [0.4, 0.5) is 0 Å². The number of hydrogen-bond acceptors (Lipinski definition) is 4. The fourth-order valence-electron chi connectivity index (χ4n) is 1.12. The zero-order chi connectivity index (χ0) is 8.27. The second kappa shape index (κ2) is 3.57. The molecule has 1 aliphatic heterocycles. The van der Waals surface area contributed by atoms with Gasteiger partial charge in [0.1, 0.15) is 6.17 Å². The summed E-state index contributed by atoms with van der Waals surface area (Å²) in [5, 5.41) is 6.35. The van der Waals surface area contributed by atoms with Crippen molar-refractivity contribution in [2.45, 2.75) is 39.0 Å². The average Bonchev–Trinajstić information content (AvgIpc) is 2.03. The molecule has 0 amide bonds. The van der Waals surface area contributed by atoms with Crippen LogP contribution >= 0.6 is 0 Å². The minimum atomic E-state index is 0.196. The van der Waals surface area contributed by atoms with Gasteiger partial charge in [-0.2, -0.15) is 0 Å². The molecule has 0 radical (unpaired) electrons. The normalized spacial score (nSPS) is 30.9. The van der Waals surface area contributed by atoms with E-state index in [-0.39, 0.29) is 12.3 Å². The van der Waals surface area contributed by atoms with E-state index >= 15 is 0 Å². The number of nitrogens with two attached hydrogens (primary N) is 1. The fourth-order valence-corrected chi connectivity index (χ4v) is 1.12. The summed E-state index contributed by atoms with van der Waals surface area (Å²) < 4.78 is 0. The molecule has 4 N–H and O–H groups in total. The number of nitrogens with zero attached hydrogens (tertiary/aromatic N) is 1. The molecule has 2 atom stereocenters. The maximum Gasteiger partial charge on any atom is 0.191 e. The van der Waals surface area contributed by atoms with Crippen molar-refractivity contribution in [1.29, 1.82) is 0 Å². The molecule has 1 heterocycles. The highest BCUT2D eigenvalue weighted by atomic mass is 15.3. The van der Waals surface area contributed by atoms with Crippen LogP contribution in [-0.4, -0.2) is 18.3 Å². The smallest absolute Gasteiger partial charge is 0.191 e. The number of hydrogen-bond donors (Lipinski definition) is 3. The minimum Gasteiger partial charge on any atom is -0.370 e. The minimum absolute atomic E-state index is 0.196. The lowest BCUT2D eigenvalue weighted by atomic mass is 10.3. The monoisotopic (exact) mass is 156 g/mol. The Bertz CT molecular complexity index is 155. The van der Waals surface area contributed by atoms with Gasteiger partial charge < -0.3 is 11.1 Å². The SMILES string of the molecule is CCC1N=C(N)NC(CC)N1. The second-order valence-electron chi connectivity index (χ2n) is 2.71. The Kier molecular flexibility index (Phi) is 2.70. The molecule has 0 aromatic heterocycles. The molecule has 0 aromatic carbocycles. The highest BCUT2D eigenvalue weighted by Gasteiger charge is 2.16. The van der Waals surface area contributed by atoms with Crippen LogP contribution in [0.1, 0.15) is 26.7 Å². The summed E-state index contributed by atoms with van der Waals surface area (Å²) in [5.41, 5.74) is 5.57. The Morgan fingerprint density at radius 3 is 2.73 bits per heavy atom. The van der Waals surface area contributed by atoms with Crippen LogP contribution in [0.3, 0.4) is 0 Å². The van der Waals surface area contributed by atoms with E-state index in [1.165, 1.54) is 0 Å². The fraction of sp³-hybridized carbons (Fsp3) is 0.857. The molecule has 0 aromatic rings. The van der Waals surface area contributed by atoms with E-state index in [0.29, 0.717) is 5.96 Å². The summed E-state index contributed by atoms with van der Waals surface area (Å²) in [4.78, 5) is 4.17. The summed E-state index contributed by atoms with van der Waals surface area (Å²) in [5.74, 6) is 0.558. The molecule has 1 aliphatic rings. The van der Waals surface area contributed by atoms with Crippen molar-refractivity contribution in [3.8, 4) is 0 Å². The Hall–Kier alpha value is -0.770. The summed E-state index contributed by atoms with van der Waals surface area (Å²) in [6, 6.07) is 0. The molecule has 4 nitrogen and oxygen atoms in total. The average molecular weight is 156 g/mol. The van der Waals surface area contributed by atoms with Gasteiger partial charge in [0, 0.05) is 0 Å². The molecule has 0 bridgehead atoms. The van der Waals surface area contributed by atoms with Crippen LogP contribution in [0.5, 0.6) is 0 Å². The van der Waals surface area contributed by atoms with Gasteiger partial charge in [0.05, 0.1) is 6.17 Å². The van der Waals surface area contributed by atoms with Crippen molar-refractivity contribution in [1.82, 2.24) is 10.6 Å². The lowest BCUT2D eigenvalue weighted by molar-refractivity contribution is 0.373. The Morgan fingerprint density at radius 1 is 1.45 bits per heavy atom. The van der Waals surface area contributed by atoms with Gasteiger partial charge in [0.25, 0.3) is 0 Å². The number of nitrogens with one attached hydrogen (secondary N) is 2. The van der Waals surface area contributed by atoms with Gasteiger partial charge in [0.2, 0.25) is 0 Å².